The molecule has 0 bridgehead atoms. The highest BCUT2D eigenvalue weighted by Crippen LogP contribution is 2.32. The van der Waals surface area contributed by atoms with Crippen LogP contribution in [0.4, 0.5) is 0 Å². The third-order valence-corrected chi connectivity index (χ3v) is 4.95. The lowest BCUT2D eigenvalue weighted by Gasteiger charge is -2.24. The maximum absolute atomic E-state index is 6.18. The van der Waals surface area contributed by atoms with E-state index in [1.807, 2.05) is 11.3 Å². The molecule has 2 rings (SSSR count). The van der Waals surface area contributed by atoms with E-state index in [0.29, 0.717) is 5.38 Å². The smallest absolute Gasteiger partial charge is 0.0338 e. The highest BCUT2D eigenvalue weighted by Gasteiger charge is 2.20. The fraction of sp³-hybridized carbons (Fsp3) is 0.636. The summed E-state index contributed by atoms with van der Waals surface area (Å²) in [6, 6.07) is 2.24. The molecule has 2 atom stereocenters. The number of hydrogen-bond acceptors (Lipinski definition) is 1. The van der Waals surface area contributed by atoms with Crippen molar-refractivity contribution < 1.29 is 0 Å². The second kappa shape index (κ2) is 5.00. The summed E-state index contributed by atoms with van der Waals surface area (Å²) in [5, 5.41) is 2.59. The van der Waals surface area contributed by atoms with E-state index in [1.54, 1.807) is 0 Å². The van der Waals surface area contributed by atoms with E-state index in [2.05, 4.69) is 27.4 Å². The molecule has 78 valence electrons. The molecular formula is C11H14BrClS. The molecule has 14 heavy (non-hydrogen) atoms. The van der Waals surface area contributed by atoms with Crippen LogP contribution in [0.25, 0.3) is 0 Å². The molecule has 0 radical (unpaired) electrons. The van der Waals surface area contributed by atoms with Gasteiger partial charge in [0.05, 0.1) is 0 Å². The molecule has 0 aromatic carbocycles. The van der Waals surface area contributed by atoms with Gasteiger partial charge >= 0.3 is 0 Å². The Morgan fingerprint density at radius 2 is 2.36 bits per heavy atom. The number of hydrogen-bond donors (Lipinski definition) is 0. The molecule has 1 saturated carbocycles. The molecule has 0 amide bonds. The molecule has 0 N–H and O–H groups in total. The lowest BCUT2D eigenvalue weighted by molar-refractivity contribution is 0.363. The lowest BCUT2D eigenvalue weighted by Crippen LogP contribution is -2.16. The van der Waals surface area contributed by atoms with Crippen molar-refractivity contribution in [3.63, 3.8) is 0 Å². The average Bonchev–Trinajstić information content (AvgIpc) is 2.51. The molecule has 3 heteroatoms. The maximum Gasteiger partial charge on any atom is 0.0338 e. The second-order valence-electron chi connectivity index (χ2n) is 4.07. The van der Waals surface area contributed by atoms with Gasteiger partial charge in [-0.1, -0.05) is 6.42 Å². The van der Waals surface area contributed by atoms with Gasteiger partial charge in [0.25, 0.3) is 0 Å². The highest BCUT2D eigenvalue weighted by molar-refractivity contribution is 9.10. The molecular weight excluding hydrogens is 280 g/mol. The standard InChI is InChI=1S/C11H14BrClS/c12-9-6-11(14-7-9)5-8-2-1-3-10(13)4-8/h6-8,10H,1-5H2. The molecule has 1 fully saturated rings. The monoisotopic (exact) mass is 292 g/mol. The number of thiophene rings is 1. The summed E-state index contributed by atoms with van der Waals surface area (Å²) in [5.41, 5.74) is 0. The number of rotatable bonds is 2. The first-order valence-electron chi connectivity index (χ1n) is 5.11. The van der Waals surface area contributed by atoms with E-state index in [9.17, 15) is 0 Å². The van der Waals surface area contributed by atoms with Gasteiger partial charge in [-0.25, -0.2) is 0 Å². The van der Waals surface area contributed by atoms with E-state index in [0.717, 1.165) is 5.92 Å². The third kappa shape index (κ3) is 2.98. The van der Waals surface area contributed by atoms with Crippen LogP contribution < -0.4 is 0 Å². The minimum atomic E-state index is 0.428. The van der Waals surface area contributed by atoms with Gasteiger partial charge in [-0.2, -0.15) is 0 Å². The molecule has 1 aliphatic carbocycles. The molecule has 0 saturated heterocycles. The van der Waals surface area contributed by atoms with Crippen LogP contribution in [0.2, 0.25) is 0 Å². The van der Waals surface area contributed by atoms with E-state index in [4.69, 9.17) is 11.6 Å². The maximum atomic E-state index is 6.18. The molecule has 1 aliphatic rings. The minimum absolute atomic E-state index is 0.428. The number of alkyl halides is 1. The quantitative estimate of drug-likeness (QED) is 0.684. The van der Waals surface area contributed by atoms with Crippen molar-refractivity contribution in [2.75, 3.05) is 0 Å². The Balaban J connectivity index is 1.90. The molecule has 0 spiro atoms. The summed E-state index contributed by atoms with van der Waals surface area (Å²) < 4.78 is 1.22. The molecule has 1 aromatic rings. The summed E-state index contributed by atoms with van der Waals surface area (Å²) >= 11 is 11.5. The molecule has 1 heterocycles. The van der Waals surface area contributed by atoms with Crippen LogP contribution in [-0.4, -0.2) is 5.38 Å². The van der Waals surface area contributed by atoms with Crippen LogP contribution in [-0.2, 0) is 6.42 Å². The predicted molar refractivity (Wildman–Crippen MR) is 67.3 cm³/mol. The first kappa shape index (κ1) is 11.0. The van der Waals surface area contributed by atoms with Crippen LogP contribution in [0.15, 0.2) is 15.9 Å². The van der Waals surface area contributed by atoms with Gasteiger partial charge in [-0.3, -0.25) is 0 Å². The van der Waals surface area contributed by atoms with Gasteiger partial charge in [-0.05, 0) is 53.6 Å². The van der Waals surface area contributed by atoms with Crippen LogP contribution in [0.5, 0.6) is 0 Å². The van der Waals surface area contributed by atoms with Crippen LogP contribution >= 0.6 is 38.9 Å². The van der Waals surface area contributed by atoms with Gasteiger partial charge in [0.15, 0.2) is 0 Å². The summed E-state index contributed by atoms with van der Waals surface area (Å²) in [6.45, 7) is 0. The molecule has 1 aromatic heterocycles. The van der Waals surface area contributed by atoms with Gasteiger partial charge in [0.1, 0.15) is 0 Å². The SMILES string of the molecule is ClC1CCCC(Cc2cc(Br)cs2)C1. The Bertz CT molecular complexity index is 297. The first-order chi connectivity index (χ1) is 6.74. The summed E-state index contributed by atoms with van der Waals surface area (Å²) in [6.07, 6.45) is 6.31. The normalized spacial score (nSPS) is 27.9. The Hall–Kier alpha value is 0.470. The Labute approximate surface area is 103 Å². The van der Waals surface area contributed by atoms with Crippen molar-refractivity contribution in [2.45, 2.75) is 37.5 Å². The van der Waals surface area contributed by atoms with Gasteiger partial charge in [-0.15, -0.1) is 22.9 Å². The Morgan fingerprint density at radius 3 is 3.00 bits per heavy atom. The Morgan fingerprint density at radius 1 is 1.50 bits per heavy atom. The van der Waals surface area contributed by atoms with E-state index < -0.39 is 0 Å². The minimum Gasteiger partial charge on any atom is -0.148 e. The fourth-order valence-corrected chi connectivity index (χ4v) is 4.13. The second-order valence-corrected chi connectivity index (χ2v) is 6.59. The van der Waals surface area contributed by atoms with E-state index in [1.165, 1.54) is 41.5 Å². The molecule has 0 aliphatic heterocycles. The van der Waals surface area contributed by atoms with Crippen molar-refractivity contribution in [3.8, 4) is 0 Å². The summed E-state index contributed by atoms with van der Waals surface area (Å²) in [4.78, 5) is 1.49. The predicted octanol–water partition coefficient (Wildman–Crippen LogP) is 4.85. The van der Waals surface area contributed by atoms with Gasteiger partial charge in [0.2, 0.25) is 0 Å². The van der Waals surface area contributed by atoms with Crippen molar-refractivity contribution in [2.24, 2.45) is 5.92 Å². The molecule has 2 unspecified atom stereocenters. The summed E-state index contributed by atoms with van der Waals surface area (Å²) in [5.74, 6) is 0.816. The van der Waals surface area contributed by atoms with E-state index >= 15 is 0 Å². The topological polar surface area (TPSA) is 0 Å². The van der Waals surface area contributed by atoms with Crippen molar-refractivity contribution in [1.82, 2.24) is 0 Å². The van der Waals surface area contributed by atoms with Crippen LogP contribution in [0.3, 0.4) is 0 Å². The average molecular weight is 294 g/mol. The van der Waals surface area contributed by atoms with E-state index in [-0.39, 0.29) is 0 Å². The number of halogens is 2. The van der Waals surface area contributed by atoms with Crippen molar-refractivity contribution in [3.05, 3.63) is 20.8 Å². The molecule has 0 nitrogen and oxygen atoms in total. The highest BCUT2D eigenvalue weighted by atomic mass is 79.9. The first-order valence-corrected chi connectivity index (χ1v) is 7.22. The zero-order chi connectivity index (χ0) is 9.97. The third-order valence-electron chi connectivity index (χ3n) is 2.83. The zero-order valence-electron chi connectivity index (χ0n) is 8.01. The van der Waals surface area contributed by atoms with Crippen molar-refractivity contribution >= 4 is 38.9 Å². The Kier molecular flexibility index (Phi) is 3.92. The van der Waals surface area contributed by atoms with Gasteiger partial charge in [0, 0.05) is 20.1 Å². The van der Waals surface area contributed by atoms with Gasteiger partial charge < -0.3 is 0 Å². The van der Waals surface area contributed by atoms with Crippen molar-refractivity contribution in [1.29, 1.82) is 0 Å². The lowest BCUT2D eigenvalue weighted by atomic mass is 9.86. The summed E-state index contributed by atoms with van der Waals surface area (Å²) in [7, 11) is 0. The van der Waals surface area contributed by atoms with Crippen LogP contribution in [0.1, 0.15) is 30.6 Å². The van der Waals surface area contributed by atoms with Crippen LogP contribution in [0, 0.1) is 5.92 Å². The fourth-order valence-electron chi connectivity index (χ4n) is 2.16. The largest absolute Gasteiger partial charge is 0.148 e. The zero-order valence-corrected chi connectivity index (χ0v) is 11.2.